The zero-order valence-electron chi connectivity index (χ0n) is 11.5. The van der Waals surface area contributed by atoms with Gasteiger partial charge in [0.2, 0.25) is 5.91 Å². The van der Waals surface area contributed by atoms with E-state index < -0.39 is 6.04 Å². The third-order valence-corrected chi connectivity index (χ3v) is 3.84. The summed E-state index contributed by atoms with van der Waals surface area (Å²) in [6.07, 6.45) is 2.16. The quantitative estimate of drug-likeness (QED) is 0.731. The highest BCUT2D eigenvalue weighted by Crippen LogP contribution is 2.20. The minimum absolute atomic E-state index is 0.0292. The number of hydrogen-bond donors (Lipinski definition) is 3. The number of rotatable bonds is 5. The number of phenols is 1. The molecule has 1 aliphatic heterocycles. The van der Waals surface area contributed by atoms with Gasteiger partial charge in [-0.05, 0) is 42.9 Å². The number of carbonyl (C=O) groups excluding carboxylic acids is 1. The van der Waals surface area contributed by atoms with E-state index in [2.05, 4.69) is 0 Å². The van der Waals surface area contributed by atoms with E-state index in [0.29, 0.717) is 18.9 Å². The molecule has 0 saturated carbocycles. The molecule has 0 spiro atoms. The summed E-state index contributed by atoms with van der Waals surface area (Å²) in [5, 5.41) is 18.2. The van der Waals surface area contributed by atoms with Crippen molar-refractivity contribution in [1.29, 1.82) is 0 Å². The third-order valence-electron chi connectivity index (χ3n) is 3.84. The van der Waals surface area contributed by atoms with Crippen LogP contribution in [0.5, 0.6) is 5.75 Å². The van der Waals surface area contributed by atoms with Crippen molar-refractivity contribution in [3.05, 3.63) is 29.8 Å². The van der Waals surface area contributed by atoms with Crippen molar-refractivity contribution in [2.45, 2.75) is 25.3 Å². The molecule has 0 aliphatic carbocycles. The second kappa shape index (κ2) is 6.72. The molecule has 1 aliphatic rings. The number of carbonyl (C=O) groups is 1. The SMILES string of the molecule is N[C@@H](Cc1ccc(O)cc1)C(=O)N1CCC(CCO)C1. The monoisotopic (exact) mass is 278 g/mol. The fourth-order valence-corrected chi connectivity index (χ4v) is 2.66. The summed E-state index contributed by atoms with van der Waals surface area (Å²) in [6.45, 7) is 1.60. The minimum atomic E-state index is -0.549. The molecule has 5 heteroatoms. The van der Waals surface area contributed by atoms with Crippen molar-refractivity contribution in [2.24, 2.45) is 11.7 Å². The summed E-state index contributed by atoms with van der Waals surface area (Å²) in [5.41, 5.74) is 6.92. The first kappa shape index (κ1) is 14.8. The Morgan fingerprint density at radius 3 is 2.75 bits per heavy atom. The summed E-state index contributed by atoms with van der Waals surface area (Å²) in [6, 6.07) is 6.20. The van der Waals surface area contributed by atoms with Crippen LogP contribution in [0.3, 0.4) is 0 Å². The third kappa shape index (κ3) is 3.71. The number of aliphatic hydroxyl groups excluding tert-OH is 1. The number of benzene rings is 1. The van der Waals surface area contributed by atoms with Gasteiger partial charge in [-0.2, -0.15) is 0 Å². The number of nitrogens with zero attached hydrogens (tertiary/aromatic N) is 1. The van der Waals surface area contributed by atoms with E-state index in [1.54, 1.807) is 29.2 Å². The van der Waals surface area contributed by atoms with Crippen molar-refractivity contribution in [3.63, 3.8) is 0 Å². The zero-order valence-corrected chi connectivity index (χ0v) is 11.5. The molecule has 0 bridgehead atoms. The van der Waals surface area contributed by atoms with Crippen LogP contribution in [-0.2, 0) is 11.2 Å². The maximum Gasteiger partial charge on any atom is 0.239 e. The minimum Gasteiger partial charge on any atom is -0.508 e. The van der Waals surface area contributed by atoms with Crippen LogP contribution in [0.4, 0.5) is 0 Å². The number of likely N-dealkylation sites (tertiary alicyclic amines) is 1. The molecular weight excluding hydrogens is 256 g/mol. The Labute approximate surface area is 119 Å². The van der Waals surface area contributed by atoms with Gasteiger partial charge < -0.3 is 20.8 Å². The largest absolute Gasteiger partial charge is 0.508 e. The van der Waals surface area contributed by atoms with Crippen LogP contribution in [0, 0.1) is 5.92 Å². The summed E-state index contributed by atoms with van der Waals surface area (Å²) in [5.74, 6) is 0.573. The van der Waals surface area contributed by atoms with Gasteiger partial charge in [0.15, 0.2) is 0 Å². The summed E-state index contributed by atoms with van der Waals surface area (Å²) in [7, 11) is 0. The second-order valence-electron chi connectivity index (χ2n) is 5.43. The Bertz CT molecular complexity index is 447. The average molecular weight is 278 g/mol. The number of nitrogens with two attached hydrogens (primary N) is 1. The molecule has 1 saturated heterocycles. The van der Waals surface area contributed by atoms with Gasteiger partial charge in [-0.25, -0.2) is 0 Å². The molecule has 1 amide bonds. The van der Waals surface area contributed by atoms with E-state index in [1.807, 2.05) is 0 Å². The molecule has 1 heterocycles. The average Bonchev–Trinajstić information content (AvgIpc) is 2.89. The Hall–Kier alpha value is -1.59. The molecule has 1 fully saturated rings. The van der Waals surface area contributed by atoms with Crippen LogP contribution in [0.15, 0.2) is 24.3 Å². The molecule has 0 aromatic heterocycles. The van der Waals surface area contributed by atoms with E-state index in [1.165, 1.54) is 0 Å². The van der Waals surface area contributed by atoms with Gasteiger partial charge in [-0.15, -0.1) is 0 Å². The number of aromatic hydroxyl groups is 1. The maximum absolute atomic E-state index is 12.3. The normalized spacial score (nSPS) is 20.1. The lowest BCUT2D eigenvalue weighted by molar-refractivity contribution is -0.131. The molecule has 110 valence electrons. The Balaban J connectivity index is 1.87. The van der Waals surface area contributed by atoms with Crippen LogP contribution in [-0.4, -0.2) is 46.8 Å². The highest BCUT2D eigenvalue weighted by molar-refractivity contribution is 5.82. The maximum atomic E-state index is 12.3. The molecule has 1 aromatic carbocycles. The summed E-state index contributed by atoms with van der Waals surface area (Å²) in [4.78, 5) is 14.1. The van der Waals surface area contributed by atoms with Crippen molar-refractivity contribution >= 4 is 5.91 Å². The Morgan fingerprint density at radius 1 is 1.40 bits per heavy atom. The van der Waals surface area contributed by atoms with Crippen LogP contribution in [0.1, 0.15) is 18.4 Å². The molecule has 4 N–H and O–H groups in total. The molecule has 0 radical (unpaired) electrons. The number of aliphatic hydroxyl groups is 1. The van der Waals surface area contributed by atoms with Gasteiger partial charge >= 0.3 is 0 Å². The van der Waals surface area contributed by atoms with Gasteiger partial charge in [0.05, 0.1) is 6.04 Å². The van der Waals surface area contributed by atoms with E-state index in [9.17, 15) is 9.90 Å². The molecule has 20 heavy (non-hydrogen) atoms. The van der Waals surface area contributed by atoms with E-state index in [-0.39, 0.29) is 18.3 Å². The highest BCUT2D eigenvalue weighted by atomic mass is 16.3. The molecule has 5 nitrogen and oxygen atoms in total. The van der Waals surface area contributed by atoms with E-state index in [4.69, 9.17) is 10.8 Å². The Morgan fingerprint density at radius 2 is 2.10 bits per heavy atom. The van der Waals surface area contributed by atoms with Crippen LogP contribution < -0.4 is 5.73 Å². The van der Waals surface area contributed by atoms with Gasteiger partial charge in [-0.1, -0.05) is 12.1 Å². The first-order valence-electron chi connectivity index (χ1n) is 7.03. The summed E-state index contributed by atoms with van der Waals surface area (Å²) >= 11 is 0. The van der Waals surface area contributed by atoms with Crippen molar-refractivity contribution in [1.82, 2.24) is 4.90 Å². The molecular formula is C15H22N2O3. The molecule has 2 atom stereocenters. The molecule has 1 unspecified atom stereocenters. The van der Waals surface area contributed by atoms with E-state index in [0.717, 1.165) is 24.9 Å². The van der Waals surface area contributed by atoms with Gasteiger partial charge in [-0.3, -0.25) is 4.79 Å². The molecule has 1 aromatic rings. The van der Waals surface area contributed by atoms with Crippen LogP contribution >= 0.6 is 0 Å². The standard InChI is InChI=1S/C15H22N2O3/c16-14(9-11-1-3-13(19)4-2-11)15(20)17-7-5-12(10-17)6-8-18/h1-4,12,14,18-19H,5-10,16H2/t12?,14-/m0/s1. The predicted molar refractivity (Wildman–Crippen MR) is 76.2 cm³/mol. The van der Waals surface area contributed by atoms with Crippen molar-refractivity contribution < 1.29 is 15.0 Å². The highest BCUT2D eigenvalue weighted by Gasteiger charge is 2.28. The Kier molecular flexibility index (Phi) is 4.98. The van der Waals surface area contributed by atoms with Gasteiger partial charge in [0.1, 0.15) is 5.75 Å². The zero-order chi connectivity index (χ0) is 14.5. The number of amides is 1. The lowest BCUT2D eigenvalue weighted by Crippen LogP contribution is -2.43. The lowest BCUT2D eigenvalue weighted by atomic mass is 10.0. The first-order valence-corrected chi connectivity index (χ1v) is 7.03. The number of hydrogen-bond acceptors (Lipinski definition) is 4. The fourth-order valence-electron chi connectivity index (χ4n) is 2.66. The fraction of sp³-hybridized carbons (Fsp3) is 0.533. The van der Waals surface area contributed by atoms with Crippen LogP contribution in [0.2, 0.25) is 0 Å². The van der Waals surface area contributed by atoms with Crippen molar-refractivity contribution in [3.8, 4) is 5.75 Å². The second-order valence-corrected chi connectivity index (χ2v) is 5.43. The van der Waals surface area contributed by atoms with Gasteiger partial charge in [0, 0.05) is 19.7 Å². The smallest absolute Gasteiger partial charge is 0.239 e. The number of phenolic OH excluding ortho intramolecular Hbond substituents is 1. The van der Waals surface area contributed by atoms with Crippen molar-refractivity contribution in [2.75, 3.05) is 19.7 Å². The molecule has 2 rings (SSSR count). The summed E-state index contributed by atoms with van der Waals surface area (Å²) < 4.78 is 0. The lowest BCUT2D eigenvalue weighted by Gasteiger charge is -2.21. The first-order chi connectivity index (χ1) is 9.60. The topological polar surface area (TPSA) is 86.8 Å². The van der Waals surface area contributed by atoms with Crippen LogP contribution in [0.25, 0.3) is 0 Å². The predicted octanol–water partition coefficient (Wildman–Crippen LogP) is 0.493. The van der Waals surface area contributed by atoms with E-state index >= 15 is 0 Å². The van der Waals surface area contributed by atoms with Gasteiger partial charge in [0.25, 0.3) is 0 Å².